The van der Waals surface area contributed by atoms with E-state index >= 15 is 0 Å². The average molecular weight is 289 g/mol. The monoisotopic (exact) mass is 289 g/mol. The van der Waals surface area contributed by atoms with Crippen molar-refractivity contribution in [2.75, 3.05) is 13.1 Å². The Bertz CT molecular complexity index is 512. The molecule has 3 N–H and O–H groups in total. The first-order valence-corrected chi connectivity index (χ1v) is 7.00. The zero-order valence-corrected chi connectivity index (χ0v) is 12.8. The Hall–Kier alpha value is -2.04. The van der Waals surface area contributed by atoms with Crippen LogP contribution in [0.2, 0.25) is 0 Å². The van der Waals surface area contributed by atoms with Crippen molar-refractivity contribution in [3.8, 4) is 0 Å². The molecule has 0 saturated carbocycles. The Balaban J connectivity index is 2.72. The number of hydrogen-bond donors (Lipinski definition) is 2. The van der Waals surface area contributed by atoms with Crippen molar-refractivity contribution >= 4 is 5.91 Å². The number of rotatable bonds is 7. The van der Waals surface area contributed by atoms with Crippen LogP contribution in [0.1, 0.15) is 44.4 Å². The summed E-state index contributed by atoms with van der Waals surface area (Å²) in [4.78, 5) is 14.3. The molecule has 114 valence electrons. The molecular formula is C15H23N5O. The van der Waals surface area contributed by atoms with Crippen LogP contribution in [0.4, 0.5) is 0 Å². The lowest BCUT2D eigenvalue weighted by Crippen LogP contribution is -2.34. The summed E-state index contributed by atoms with van der Waals surface area (Å²) < 4.78 is 0. The molecule has 0 fully saturated rings. The number of azide groups is 1. The fourth-order valence-corrected chi connectivity index (χ4v) is 2.00. The highest BCUT2D eigenvalue weighted by atomic mass is 16.1. The Labute approximate surface area is 125 Å². The maximum Gasteiger partial charge on any atom is 0.239 e. The van der Waals surface area contributed by atoms with Crippen LogP contribution in [0.25, 0.3) is 10.4 Å². The third-order valence-corrected chi connectivity index (χ3v) is 3.24. The molecule has 21 heavy (non-hydrogen) atoms. The molecule has 1 amide bonds. The molecule has 1 rings (SSSR count). The van der Waals surface area contributed by atoms with Crippen molar-refractivity contribution in [1.29, 1.82) is 0 Å². The predicted octanol–water partition coefficient (Wildman–Crippen LogP) is 2.80. The number of amides is 1. The standard InChI is InChI=1S/C15H23N5O/c1-15(2,3)12-7-5-11(6-8-12)13(14(16)21)18-9-4-10-19-20-17/h5-8,13,18H,4,9-10H2,1-3H3,(H2,16,21). The van der Waals surface area contributed by atoms with Crippen molar-refractivity contribution in [2.45, 2.75) is 38.6 Å². The summed E-state index contributed by atoms with van der Waals surface area (Å²) in [7, 11) is 0. The molecule has 1 atom stereocenters. The van der Waals surface area contributed by atoms with Crippen LogP contribution in [-0.2, 0) is 10.2 Å². The molecule has 0 heterocycles. The van der Waals surface area contributed by atoms with Crippen LogP contribution in [0.3, 0.4) is 0 Å². The first kappa shape index (κ1) is 17.0. The summed E-state index contributed by atoms with van der Waals surface area (Å²) in [6.45, 7) is 7.39. The van der Waals surface area contributed by atoms with Gasteiger partial charge in [-0.3, -0.25) is 4.79 Å². The Morgan fingerprint density at radius 2 is 2.00 bits per heavy atom. The van der Waals surface area contributed by atoms with Crippen molar-refractivity contribution in [3.05, 3.63) is 45.8 Å². The van der Waals surface area contributed by atoms with E-state index in [9.17, 15) is 4.79 Å². The third-order valence-electron chi connectivity index (χ3n) is 3.24. The number of nitrogens with zero attached hydrogens (tertiary/aromatic N) is 3. The van der Waals surface area contributed by atoms with E-state index in [1.807, 2.05) is 24.3 Å². The van der Waals surface area contributed by atoms with Crippen LogP contribution >= 0.6 is 0 Å². The van der Waals surface area contributed by atoms with Gasteiger partial charge in [0.25, 0.3) is 0 Å². The normalized spacial score (nSPS) is 12.5. The highest BCUT2D eigenvalue weighted by Crippen LogP contribution is 2.23. The largest absolute Gasteiger partial charge is 0.368 e. The minimum Gasteiger partial charge on any atom is -0.368 e. The van der Waals surface area contributed by atoms with E-state index in [0.717, 1.165) is 5.56 Å². The zero-order chi connectivity index (χ0) is 15.9. The highest BCUT2D eigenvalue weighted by molar-refractivity contribution is 5.81. The van der Waals surface area contributed by atoms with E-state index in [1.165, 1.54) is 5.56 Å². The third kappa shape index (κ3) is 5.45. The van der Waals surface area contributed by atoms with Gasteiger partial charge < -0.3 is 11.1 Å². The molecule has 0 radical (unpaired) electrons. The molecule has 0 bridgehead atoms. The van der Waals surface area contributed by atoms with E-state index < -0.39 is 11.9 Å². The maximum atomic E-state index is 11.6. The number of nitrogens with two attached hydrogens (primary N) is 1. The van der Waals surface area contributed by atoms with Gasteiger partial charge in [0, 0.05) is 11.5 Å². The lowest BCUT2D eigenvalue weighted by molar-refractivity contribution is -0.120. The SMILES string of the molecule is CC(C)(C)c1ccc(C(NCCCN=[N+]=[N-])C(N)=O)cc1. The Morgan fingerprint density at radius 1 is 1.38 bits per heavy atom. The van der Waals surface area contributed by atoms with Crippen LogP contribution < -0.4 is 11.1 Å². The highest BCUT2D eigenvalue weighted by Gasteiger charge is 2.18. The number of carbonyl (C=O) groups is 1. The molecule has 0 aromatic heterocycles. The molecule has 0 aliphatic rings. The quantitative estimate of drug-likeness (QED) is 0.349. The molecule has 6 heteroatoms. The summed E-state index contributed by atoms with van der Waals surface area (Å²) in [6.07, 6.45) is 0.661. The van der Waals surface area contributed by atoms with E-state index in [-0.39, 0.29) is 5.41 Å². The van der Waals surface area contributed by atoms with Gasteiger partial charge >= 0.3 is 0 Å². The van der Waals surface area contributed by atoms with Crippen molar-refractivity contribution in [3.63, 3.8) is 0 Å². The van der Waals surface area contributed by atoms with Crippen molar-refractivity contribution in [2.24, 2.45) is 10.8 Å². The molecule has 6 nitrogen and oxygen atoms in total. The zero-order valence-electron chi connectivity index (χ0n) is 12.8. The molecule has 0 saturated heterocycles. The van der Waals surface area contributed by atoms with Crippen molar-refractivity contribution in [1.82, 2.24) is 5.32 Å². The Morgan fingerprint density at radius 3 is 2.48 bits per heavy atom. The first-order valence-electron chi connectivity index (χ1n) is 7.00. The van der Waals surface area contributed by atoms with E-state index in [0.29, 0.717) is 19.5 Å². The van der Waals surface area contributed by atoms with Gasteiger partial charge in [0.05, 0.1) is 0 Å². The van der Waals surface area contributed by atoms with Crippen LogP contribution in [-0.4, -0.2) is 19.0 Å². The molecule has 0 spiro atoms. The smallest absolute Gasteiger partial charge is 0.239 e. The second-order valence-corrected chi connectivity index (χ2v) is 5.97. The lowest BCUT2D eigenvalue weighted by Gasteiger charge is -2.21. The second kappa shape index (κ2) is 7.67. The minimum absolute atomic E-state index is 0.0729. The molecule has 0 aliphatic heterocycles. The van der Waals surface area contributed by atoms with Crippen LogP contribution in [0, 0.1) is 0 Å². The summed E-state index contributed by atoms with van der Waals surface area (Å²) in [5, 5.41) is 6.54. The van der Waals surface area contributed by atoms with Gasteiger partial charge in [-0.2, -0.15) is 0 Å². The fraction of sp³-hybridized carbons (Fsp3) is 0.533. The van der Waals surface area contributed by atoms with E-state index in [2.05, 4.69) is 36.1 Å². The summed E-state index contributed by atoms with van der Waals surface area (Å²) >= 11 is 0. The van der Waals surface area contributed by atoms with Gasteiger partial charge in [-0.15, -0.1) is 0 Å². The Kier molecular flexibility index (Phi) is 6.21. The number of carbonyl (C=O) groups excluding carboxylic acids is 1. The van der Waals surface area contributed by atoms with Gasteiger partial charge in [0.15, 0.2) is 0 Å². The predicted molar refractivity (Wildman–Crippen MR) is 83.7 cm³/mol. The summed E-state index contributed by atoms with van der Waals surface area (Å²) in [5.41, 5.74) is 15.8. The topological polar surface area (TPSA) is 104 Å². The maximum absolute atomic E-state index is 11.6. The second-order valence-electron chi connectivity index (χ2n) is 5.97. The molecule has 0 aliphatic carbocycles. The van der Waals surface area contributed by atoms with Gasteiger partial charge in [0.1, 0.15) is 6.04 Å². The van der Waals surface area contributed by atoms with Gasteiger partial charge in [-0.05, 0) is 35.0 Å². The van der Waals surface area contributed by atoms with Crippen molar-refractivity contribution < 1.29 is 4.79 Å². The fourth-order valence-electron chi connectivity index (χ4n) is 2.00. The van der Waals surface area contributed by atoms with E-state index in [1.54, 1.807) is 0 Å². The van der Waals surface area contributed by atoms with Gasteiger partial charge in [-0.25, -0.2) is 0 Å². The summed E-state index contributed by atoms with van der Waals surface area (Å²) in [6, 6.07) is 7.37. The molecular weight excluding hydrogens is 266 g/mol. The minimum atomic E-state index is -0.523. The number of nitrogens with one attached hydrogen (secondary N) is 1. The lowest BCUT2D eigenvalue weighted by atomic mass is 9.86. The number of hydrogen-bond acceptors (Lipinski definition) is 3. The van der Waals surface area contributed by atoms with E-state index in [4.69, 9.17) is 11.3 Å². The number of primary amides is 1. The van der Waals surface area contributed by atoms with Gasteiger partial charge in [0.2, 0.25) is 5.91 Å². The molecule has 1 unspecified atom stereocenters. The summed E-state index contributed by atoms with van der Waals surface area (Å²) in [5.74, 6) is -0.415. The average Bonchev–Trinajstić information content (AvgIpc) is 2.41. The number of benzene rings is 1. The molecule has 1 aromatic rings. The first-order chi connectivity index (χ1) is 9.86. The van der Waals surface area contributed by atoms with Gasteiger partial charge in [-0.1, -0.05) is 50.2 Å². The van der Waals surface area contributed by atoms with Crippen LogP contribution in [0.5, 0.6) is 0 Å². The van der Waals surface area contributed by atoms with Crippen LogP contribution in [0.15, 0.2) is 29.4 Å². The molecule has 1 aromatic carbocycles.